The SMILES string of the molecule is c1ccc(-n2c3cc(-c4ccc(N(c5cccc6c5oc5ccccc56)c5cccc6c5sc5ccccc56)cc4)ccc3c3ccc4ccccc4c32)cc1. The molecule has 262 valence electrons. The van der Waals surface area contributed by atoms with Crippen molar-refractivity contribution in [3.05, 3.63) is 194 Å². The summed E-state index contributed by atoms with van der Waals surface area (Å²) < 4.78 is 11.6. The average Bonchev–Trinajstić information content (AvgIpc) is 3.95. The van der Waals surface area contributed by atoms with E-state index < -0.39 is 0 Å². The van der Waals surface area contributed by atoms with Gasteiger partial charge < -0.3 is 13.9 Å². The number of furan rings is 1. The third-order valence-corrected chi connectivity index (χ3v) is 12.6. The highest BCUT2D eigenvalue weighted by atomic mass is 32.1. The van der Waals surface area contributed by atoms with E-state index in [2.05, 4.69) is 198 Å². The van der Waals surface area contributed by atoms with Gasteiger partial charge in [-0.25, -0.2) is 0 Å². The molecule has 0 saturated heterocycles. The fourth-order valence-corrected chi connectivity index (χ4v) is 10.0. The van der Waals surface area contributed by atoms with E-state index in [0.717, 1.165) is 50.3 Å². The molecular formula is C52H32N2OS. The van der Waals surface area contributed by atoms with Crippen molar-refractivity contribution in [2.45, 2.75) is 0 Å². The number of hydrogen-bond acceptors (Lipinski definition) is 3. The lowest BCUT2D eigenvalue weighted by atomic mass is 10.0. The summed E-state index contributed by atoms with van der Waals surface area (Å²) in [5, 5.41) is 9.77. The molecule has 0 bridgehead atoms. The van der Waals surface area contributed by atoms with E-state index in [1.807, 2.05) is 17.4 Å². The Bertz CT molecular complexity index is 3370. The summed E-state index contributed by atoms with van der Waals surface area (Å²) in [7, 11) is 0. The molecule has 0 aliphatic heterocycles. The molecule has 0 atom stereocenters. The quantitative estimate of drug-likeness (QED) is 0.176. The predicted octanol–water partition coefficient (Wildman–Crippen LogP) is 15.3. The van der Waals surface area contributed by atoms with Crippen LogP contribution < -0.4 is 4.90 Å². The summed E-state index contributed by atoms with van der Waals surface area (Å²) in [5.41, 5.74) is 10.9. The summed E-state index contributed by atoms with van der Waals surface area (Å²) in [6.07, 6.45) is 0. The van der Waals surface area contributed by atoms with Crippen LogP contribution in [0.4, 0.5) is 17.1 Å². The number of anilines is 3. The van der Waals surface area contributed by atoms with Crippen molar-refractivity contribution >= 4 is 103 Å². The van der Waals surface area contributed by atoms with Crippen LogP contribution in [0, 0.1) is 0 Å². The van der Waals surface area contributed by atoms with Gasteiger partial charge in [-0.2, -0.15) is 0 Å². The van der Waals surface area contributed by atoms with Crippen molar-refractivity contribution in [3.8, 4) is 16.8 Å². The zero-order valence-corrected chi connectivity index (χ0v) is 31.0. The summed E-state index contributed by atoms with van der Waals surface area (Å²) in [6, 6.07) is 70.1. The summed E-state index contributed by atoms with van der Waals surface area (Å²) in [5.74, 6) is 0. The maximum Gasteiger partial charge on any atom is 0.159 e. The second kappa shape index (κ2) is 12.2. The first-order valence-electron chi connectivity index (χ1n) is 19.0. The molecule has 12 aromatic rings. The fraction of sp³-hybridized carbons (Fsp3) is 0. The molecule has 0 N–H and O–H groups in total. The van der Waals surface area contributed by atoms with E-state index >= 15 is 0 Å². The van der Waals surface area contributed by atoms with Crippen LogP contribution in [-0.4, -0.2) is 4.57 Å². The van der Waals surface area contributed by atoms with Gasteiger partial charge in [-0.05, 0) is 71.1 Å². The van der Waals surface area contributed by atoms with Crippen molar-refractivity contribution in [2.24, 2.45) is 0 Å². The highest BCUT2D eigenvalue weighted by molar-refractivity contribution is 7.26. The number of nitrogens with zero attached hydrogens (tertiary/aromatic N) is 2. The van der Waals surface area contributed by atoms with Crippen LogP contribution in [-0.2, 0) is 0 Å². The second-order valence-electron chi connectivity index (χ2n) is 14.5. The van der Waals surface area contributed by atoms with Crippen molar-refractivity contribution in [1.82, 2.24) is 4.57 Å². The Labute approximate surface area is 326 Å². The van der Waals surface area contributed by atoms with Gasteiger partial charge in [0.15, 0.2) is 5.58 Å². The molecule has 9 aromatic carbocycles. The molecule has 12 rings (SSSR count). The smallest absolute Gasteiger partial charge is 0.159 e. The second-order valence-corrected chi connectivity index (χ2v) is 15.5. The molecule has 0 unspecified atom stereocenters. The third kappa shape index (κ3) is 4.63. The Morgan fingerprint density at radius 3 is 2.00 bits per heavy atom. The minimum Gasteiger partial charge on any atom is -0.454 e. The molecule has 0 amide bonds. The fourth-order valence-electron chi connectivity index (χ4n) is 8.83. The van der Waals surface area contributed by atoms with Crippen molar-refractivity contribution < 1.29 is 4.42 Å². The maximum atomic E-state index is 6.67. The Balaban J connectivity index is 1.05. The van der Waals surface area contributed by atoms with Gasteiger partial charge in [0.25, 0.3) is 0 Å². The first-order chi connectivity index (χ1) is 27.8. The summed E-state index contributed by atoms with van der Waals surface area (Å²) >= 11 is 1.84. The molecule has 0 aliphatic carbocycles. The van der Waals surface area contributed by atoms with Gasteiger partial charge in [-0.15, -0.1) is 11.3 Å². The van der Waals surface area contributed by atoms with Crippen LogP contribution in [0.5, 0.6) is 0 Å². The minimum atomic E-state index is 0.877. The van der Waals surface area contributed by atoms with E-state index in [9.17, 15) is 0 Å². The molecule has 56 heavy (non-hydrogen) atoms. The lowest BCUT2D eigenvalue weighted by Gasteiger charge is -2.26. The summed E-state index contributed by atoms with van der Waals surface area (Å²) in [6.45, 7) is 0. The Hall–Kier alpha value is -7.14. The zero-order chi connectivity index (χ0) is 36.7. The molecule has 3 heterocycles. The van der Waals surface area contributed by atoms with Gasteiger partial charge in [-0.1, -0.05) is 140 Å². The number of hydrogen-bond donors (Lipinski definition) is 0. The van der Waals surface area contributed by atoms with Crippen LogP contribution in [0.25, 0.3) is 91.5 Å². The molecular weight excluding hydrogens is 701 g/mol. The van der Waals surface area contributed by atoms with E-state index in [0.29, 0.717) is 0 Å². The minimum absolute atomic E-state index is 0.877. The van der Waals surface area contributed by atoms with Gasteiger partial charge in [0.1, 0.15) is 5.58 Å². The zero-order valence-electron chi connectivity index (χ0n) is 30.2. The number of para-hydroxylation sites is 3. The number of aromatic nitrogens is 1. The number of rotatable bonds is 5. The largest absolute Gasteiger partial charge is 0.454 e. The highest BCUT2D eigenvalue weighted by Crippen LogP contribution is 2.48. The highest BCUT2D eigenvalue weighted by Gasteiger charge is 2.23. The average molecular weight is 733 g/mol. The topological polar surface area (TPSA) is 21.3 Å². The molecule has 3 aromatic heterocycles. The molecule has 4 heteroatoms. The molecule has 0 saturated carbocycles. The van der Waals surface area contributed by atoms with Gasteiger partial charge in [-0.3, -0.25) is 0 Å². The van der Waals surface area contributed by atoms with Crippen molar-refractivity contribution in [1.29, 1.82) is 0 Å². The standard InChI is InChI=1S/C52H32N2OS/c1-2-13-36(14-3-1)54-47-32-35(27-30-39(47)42-31-26-34-12-4-5-15-38(34)50(42)54)33-24-28-37(29-25-33)53(45-20-10-18-43-40-16-6-8-22-48(40)55-51(43)45)46-21-11-19-44-41-17-7-9-23-49(41)56-52(44)46/h1-32H. The molecule has 0 radical (unpaired) electrons. The maximum absolute atomic E-state index is 6.67. The van der Waals surface area contributed by atoms with Gasteiger partial charge in [0.05, 0.1) is 27.1 Å². The number of fused-ring (bicyclic) bond motifs is 11. The van der Waals surface area contributed by atoms with Gasteiger partial charge in [0, 0.05) is 53.8 Å². The van der Waals surface area contributed by atoms with Crippen LogP contribution >= 0.6 is 11.3 Å². The monoisotopic (exact) mass is 732 g/mol. The van der Waals surface area contributed by atoms with E-state index in [1.54, 1.807) is 0 Å². The number of benzene rings is 9. The van der Waals surface area contributed by atoms with E-state index in [4.69, 9.17) is 4.42 Å². The van der Waals surface area contributed by atoms with E-state index in [-0.39, 0.29) is 0 Å². The van der Waals surface area contributed by atoms with E-state index in [1.165, 1.54) is 58.3 Å². The first-order valence-corrected chi connectivity index (χ1v) is 19.8. The normalized spacial score (nSPS) is 11.9. The molecule has 0 aliphatic rings. The van der Waals surface area contributed by atoms with Gasteiger partial charge >= 0.3 is 0 Å². The predicted molar refractivity (Wildman–Crippen MR) is 239 cm³/mol. The Morgan fingerprint density at radius 2 is 1.12 bits per heavy atom. The molecule has 0 fully saturated rings. The third-order valence-electron chi connectivity index (χ3n) is 11.4. The Kier molecular flexibility index (Phi) is 6.80. The molecule has 0 spiro atoms. The first kappa shape index (κ1) is 31.2. The van der Waals surface area contributed by atoms with Crippen molar-refractivity contribution in [3.63, 3.8) is 0 Å². The lowest BCUT2D eigenvalue weighted by Crippen LogP contribution is -2.10. The van der Waals surface area contributed by atoms with Crippen LogP contribution in [0.15, 0.2) is 199 Å². The van der Waals surface area contributed by atoms with Crippen LogP contribution in [0.3, 0.4) is 0 Å². The lowest BCUT2D eigenvalue weighted by molar-refractivity contribution is 0.669. The van der Waals surface area contributed by atoms with Crippen molar-refractivity contribution in [2.75, 3.05) is 4.90 Å². The van der Waals surface area contributed by atoms with Crippen LogP contribution in [0.2, 0.25) is 0 Å². The summed E-state index contributed by atoms with van der Waals surface area (Å²) in [4.78, 5) is 2.38. The number of thiophene rings is 1. The van der Waals surface area contributed by atoms with Crippen LogP contribution in [0.1, 0.15) is 0 Å². The van der Waals surface area contributed by atoms with Gasteiger partial charge in [0.2, 0.25) is 0 Å². The Morgan fingerprint density at radius 1 is 0.446 bits per heavy atom. The molecule has 3 nitrogen and oxygen atoms in total.